The second-order valence-electron chi connectivity index (χ2n) is 4.92. The Bertz CT molecular complexity index is 482. The third-order valence-corrected chi connectivity index (χ3v) is 4.12. The molecule has 3 nitrogen and oxygen atoms in total. The van der Waals surface area contributed by atoms with Crippen LogP contribution in [0.1, 0.15) is 42.5 Å². The Balaban J connectivity index is 1.99. The smallest absolute Gasteiger partial charge is 0.164 e. The van der Waals surface area contributed by atoms with E-state index in [1.54, 1.807) is 12.1 Å². The highest BCUT2D eigenvalue weighted by Crippen LogP contribution is 2.32. The van der Waals surface area contributed by atoms with E-state index in [2.05, 4.69) is 0 Å². The number of Topliss-reactive ketones (excluding diaryl/α,β-unsaturated/α-hetero) is 1. The van der Waals surface area contributed by atoms with Gasteiger partial charge in [-0.3, -0.25) is 4.79 Å². The van der Waals surface area contributed by atoms with Crippen LogP contribution in [0.15, 0.2) is 12.1 Å². The van der Waals surface area contributed by atoms with Crippen molar-refractivity contribution in [2.24, 2.45) is 0 Å². The summed E-state index contributed by atoms with van der Waals surface area (Å²) in [4.78, 5) is 12.2. The van der Waals surface area contributed by atoms with Crippen molar-refractivity contribution in [3.63, 3.8) is 0 Å². The van der Waals surface area contributed by atoms with Crippen LogP contribution in [0.3, 0.4) is 0 Å². The number of carbonyl (C=O) groups excluding carboxylic acids is 1. The molecule has 5 heteroatoms. The van der Waals surface area contributed by atoms with Crippen molar-refractivity contribution in [3.05, 3.63) is 27.7 Å². The molecule has 20 heavy (non-hydrogen) atoms. The Morgan fingerprint density at radius 2 is 2.15 bits per heavy atom. The third-order valence-electron chi connectivity index (χ3n) is 3.51. The largest absolute Gasteiger partial charge is 0.495 e. The molecule has 0 bridgehead atoms. The summed E-state index contributed by atoms with van der Waals surface area (Å²) in [5.41, 5.74) is 0.452. The fourth-order valence-corrected chi connectivity index (χ4v) is 2.86. The number of rotatable bonds is 5. The number of benzene rings is 1. The first-order chi connectivity index (χ1) is 9.61. The van der Waals surface area contributed by atoms with E-state index in [4.69, 9.17) is 32.7 Å². The summed E-state index contributed by atoms with van der Waals surface area (Å²) >= 11 is 12.1. The molecule has 1 aliphatic rings. The molecule has 1 saturated heterocycles. The van der Waals surface area contributed by atoms with E-state index < -0.39 is 0 Å². The monoisotopic (exact) mass is 316 g/mol. The summed E-state index contributed by atoms with van der Waals surface area (Å²) in [6.45, 7) is 0.800. The highest BCUT2D eigenvalue weighted by Gasteiger charge is 2.18. The number of methoxy groups -OCH3 is 1. The lowest BCUT2D eigenvalue weighted by atomic mass is 10.00. The number of hydrogen-bond donors (Lipinski definition) is 0. The molecular weight excluding hydrogens is 299 g/mol. The number of carbonyl (C=O) groups is 1. The maximum atomic E-state index is 12.2. The molecule has 1 atom stereocenters. The average Bonchev–Trinajstić information content (AvgIpc) is 2.47. The lowest BCUT2D eigenvalue weighted by Gasteiger charge is -2.22. The molecule has 1 heterocycles. The molecule has 1 aromatic carbocycles. The fourth-order valence-electron chi connectivity index (χ4n) is 2.36. The average molecular weight is 317 g/mol. The van der Waals surface area contributed by atoms with Crippen LogP contribution in [0.5, 0.6) is 5.75 Å². The molecule has 2 rings (SSSR count). The maximum Gasteiger partial charge on any atom is 0.164 e. The van der Waals surface area contributed by atoms with Crippen LogP contribution >= 0.6 is 23.2 Å². The highest BCUT2D eigenvalue weighted by molar-refractivity contribution is 6.36. The quantitative estimate of drug-likeness (QED) is 0.748. The first kappa shape index (κ1) is 15.6. The Morgan fingerprint density at radius 3 is 2.80 bits per heavy atom. The van der Waals surface area contributed by atoms with E-state index >= 15 is 0 Å². The second kappa shape index (κ2) is 7.30. The first-order valence-corrected chi connectivity index (χ1v) is 7.55. The van der Waals surface area contributed by atoms with Gasteiger partial charge in [-0.05, 0) is 31.7 Å². The Labute approximate surface area is 129 Å². The SMILES string of the molecule is COc1cc(Cl)c(C(=O)CCC2CCCCO2)cc1Cl. The van der Waals surface area contributed by atoms with Gasteiger partial charge in [0.05, 0.1) is 23.3 Å². The normalized spacial score (nSPS) is 18.9. The standard InChI is InChI=1S/C15H18Cl2O3/c1-19-15-9-12(16)11(8-13(15)17)14(18)6-5-10-4-2-3-7-20-10/h8-10H,2-7H2,1H3. The van der Waals surface area contributed by atoms with Crippen molar-refractivity contribution < 1.29 is 14.3 Å². The first-order valence-electron chi connectivity index (χ1n) is 6.79. The molecule has 1 fully saturated rings. The van der Waals surface area contributed by atoms with Gasteiger partial charge in [-0.25, -0.2) is 0 Å². The van der Waals surface area contributed by atoms with Crippen molar-refractivity contribution in [3.8, 4) is 5.75 Å². The molecule has 0 saturated carbocycles. The van der Waals surface area contributed by atoms with Gasteiger partial charge in [0.1, 0.15) is 5.75 Å². The second-order valence-corrected chi connectivity index (χ2v) is 5.73. The lowest BCUT2D eigenvalue weighted by Crippen LogP contribution is -2.20. The minimum absolute atomic E-state index is 0.00581. The van der Waals surface area contributed by atoms with Gasteiger partial charge in [0.2, 0.25) is 0 Å². The van der Waals surface area contributed by atoms with Crippen molar-refractivity contribution in [1.82, 2.24) is 0 Å². The molecule has 0 N–H and O–H groups in total. The van der Waals surface area contributed by atoms with Crippen molar-refractivity contribution in [2.45, 2.75) is 38.2 Å². The van der Waals surface area contributed by atoms with E-state index in [1.807, 2.05) is 0 Å². The van der Waals surface area contributed by atoms with E-state index in [0.29, 0.717) is 27.8 Å². The summed E-state index contributed by atoms with van der Waals surface area (Å²) < 4.78 is 10.7. The Hall–Kier alpha value is -0.770. The van der Waals surface area contributed by atoms with Gasteiger partial charge in [-0.2, -0.15) is 0 Å². The van der Waals surface area contributed by atoms with Gasteiger partial charge < -0.3 is 9.47 Å². The molecule has 1 aliphatic heterocycles. The zero-order valence-electron chi connectivity index (χ0n) is 11.5. The van der Waals surface area contributed by atoms with Crippen LogP contribution in [0.4, 0.5) is 0 Å². The van der Waals surface area contributed by atoms with Gasteiger partial charge >= 0.3 is 0 Å². The molecule has 0 radical (unpaired) electrons. The van der Waals surface area contributed by atoms with Crippen molar-refractivity contribution in [2.75, 3.05) is 13.7 Å². The molecule has 110 valence electrons. The molecule has 0 aromatic heterocycles. The van der Waals surface area contributed by atoms with Crippen molar-refractivity contribution in [1.29, 1.82) is 0 Å². The predicted molar refractivity (Wildman–Crippen MR) is 80.2 cm³/mol. The molecule has 0 amide bonds. The number of hydrogen-bond acceptors (Lipinski definition) is 3. The predicted octanol–water partition coefficient (Wildman–Crippen LogP) is 4.53. The zero-order chi connectivity index (χ0) is 14.5. The Morgan fingerprint density at radius 1 is 1.35 bits per heavy atom. The minimum Gasteiger partial charge on any atom is -0.495 e. The topological polar surface area (TPSA) is 35.5 Å². The molecule has 1 aromatic rings. The van der Waals surface area contributed by atoms with Crippen LogP contribution in [0, 0.1) is 0 Å². The summed E-state index contributed by atoms with van der Waals surface area (Å²) in [7, 11) is 1.51. The summed E-state index contributed by atoms with van der Waals surface area (Å²) in [6.07, 6.45) is 4.68. The van der Waals surface area contributed by atoms with Crippen LogP contribution in [-0.2, 0) is 4.74 Å². The Kier molecular flexibility index (Phi) is 5.70. The van der Waals surface area contributed by atoms with Crippen LogP contribution in [0.25, 0.3) is 0 Å². The van der Waals surface area contributed by atoms with Crippen LogP contribution in [0.2, 0.25) is 10.0 Å². The van der Waals surface area contributed by atoms with Crippen molar-refractivity contribution >= 4 is 29.0 Å². The number of halogens is 2. The summed E-state index contributed by atoms with van der Waals surface area (Å²) in [5, 5.41) is 0.773. The van der Waals surface area contributed by atoms with E-state index in [-0.39, 0.29) is 11.9 Å². The van der Waals surface area contributed by atoms with Gasteiger partial charge in [0.15, 0.2) is 5.78 Å². The number of ether oxygens (including phenoxy) is 2. The summed E-state index contributed by atoms with van der Waals surface area (Å²) in [5.74, 6) is 0.470. The van der Waals surface area contributed by atoms with E-state index in [9.17, 15) is 4.79 Å². The van der Waals surface area contributed by atoms with E-state index in [0.717, 1.165) is 25.9 Å². The molecular formula is C15H18Cl2O3. The van der Waals surface area contributed by atoms with Gasteiger partial charge in [0.25, 0.3) is 0 Å². The van der Waals surface area contributed by atoms with Gasteiger partial charge in [-0.15, -0.1) is 0 Å². The van der Waals surface area contributed by atoms with E-state index in [1.165, 1.54) is 13.5 Å². The lowest BCUT2D eigenvalue weighted by molar-refractivity contribution is 0.0104. The minimum atomic E-state index is -0.00581. The maximum absolute atomic E-state index is 12.2. The van der Waals surface area contributed by atoms with Gasteiger partial charge in [-0.1, -0.05) is 23.2 Å². The molecule has 1 unspecified atom stereocenters. The number of ketones is 1. The highest BCUT2D eigenvalue weighted by atomic mass is 35.5. The van der Waals surface area contributed by atoms with Crippen LogP contribution < -0.4 is 4.74 Å². The zero-order valence-corrected chi connectivity index (χ0v) is 13.0. The van der Waals surface area contributed by atoms with Gasteiger partial charge in [0, 0.05) is 24.7 Å². The third kappa shape index (κ3) is 3.87. The fraction of sp³-hybridized carbons (Fsp3) is 0.533. The van der Waals surface area contributed by atoms with Crippen LogP contribution in [-0.4, -0.2) is 25.6 Å². The molecule has 0 aliphatic carbocycles. The molecule has 0 spiro atoms. The summed E-state index contributed by atoms with van der Waals surface area (Å²) in [6, 6.07) is 3.15.